The molecule has 1 heterocycles. The zero-order valence-electron chi connectivity index (χ0n) is 18.1. The molecule has 0 aliphatic carbocycles. The normalized spacial score (nSPS) is 10.8. The van der Waals surface area contributed by atoms with E-state index in [9.17, 15) is 0 Å². The number of methoxy groups -OCH3 is 2. The summed E-state index contributed by atoms with van der Waals surface area (Å²) < 4.78 is 13.0. The number of hydrogen-bond acceptors (Lipinski definition) is 5. The van der Waals surface area contributed by atoms with E-state index in [-0.39, 0.29) is 0 Å². The smallest absolute Gasteiger partial charge is 0.196 e. The lowest BCUT2D eigenvalue weighted by Crippen LogP contribution is -2.01. The van der Waals surface area contributed by atoms with Crippen molar-refractivity contribution < 1.29 is 9.47 Å². The van der Waals surface area contributed by atoms with E-state index in [1.165, 1.54) is 16.7 Å². The number of benzene rings is 3. The summed E-state index contributed by atoms with van der Waals surface area (Å²) in [5, 5.41) is 9.92. The summed E-state index contributed by atoms with van der Waals surface area (Å²) in [5.41, 5.74) is 5.63. The summed E-state index contributed by atoms with van der Waals surface area (Å²) in [6.45, 7) is 4.18. The summed E-state index contributed by atoms with van der Waals surface area (Å²) in [6.07, 6.45) is 0. The van der Waals surface area contributed by atoms with Crippen molar-refractivity contribution in [1.82, 2.24) is 14.8 Å². The van der Waals surface area contributed by atoms with Gasteiger partial charge in [0.15, 0.2) is 22.5 Å². The lowest BCUT2D eigenvalue weighted by Gasteiger charge is -2.13. The predicted octanol–water partition coefficient (Wildman–Crippen LogP) is 5.86. The van der Waals surface area contributed by atoms with Gasteiger partial charge in [0.25, 0.3) is 0 Å². The number of nitrogens with zero attached hydrogens (tertiary/aromatic N) is 3. The second-order valence-corrected chi connectivity index (χ2v) is 8.27. The number of ether oxygens (including phenoxy) is 2. The Hall–Kier alpha value is -3.25. The van der Waals surface area contributed by atoms with Crippen LogP contribution >= 0.6 is 11.8 Å². The topological polar surface area (TPSA) is 49.2 Å². The SMILES string of the molecule is COc1ccc(-c2nnc(SCc3ccc(C)cc3)n2-c2cccc(C)c2)cc1OC. The molecule has 0 N–H and O–H groups in total. The fraction of sp³-hybridized carbons (Fsp3) is 0.200. The van der Waals surface area contributed by atoms with Crippen molar-refractivity contribution >= 4 is 11.8 Å². The second kappa shape index (κ2) is 9.27. The van der Waals surface area contributed by atoms with Gasteiger partial charge in [-0.15, -0.1) is 10.2 Å². The average molecular weight is 432 g/mol. The van der Waals surface area contributed by atoms with Crippen LogP contribution in [0.2, 0.25) is 0 Å². The molecule has 0 saturated carbocycles. The van der Waals surface area contributed by atoms with Crippen LogP contribution in [0.15, 0.2) is 71.9 Å². The Bertz CT molecular complexity index is 1190. The third-order valence-corrected chi connectivity index (χ3v) is 6.02. The molecule has 158 valence electrons. The second-order valence-electron chi connectivity index (χ2n) is 7.32. The van der Waals surface area contributed by atoms with Crippen LogP contribution in [0.4, 0.5) is 0 Å². The van der Waals surface area contributed by atoms with Gasteiger partial charge in [-0.25, -0.2) is 0 Å². The highest BCUT2D eigenvalue weighted by Crippen LogP contribution is 2.35. The first kappa shape index (κ1) is 21.0. The molecule has 0 bridgehead atoms. The Morgan fingerprint density at radius 1 is 0.806 bits per heavy atom. The van der Waals surface area contributed by atoms with Crippen molar-refractivity contribution in [2.24, 2.45) is 0 Å². The number of aromatic nitrogens is 3. The number of hydrogen-bond donors (Lipinski definition) is 0. The van der Waals surface area contributed by atoms with E-state index in [1.807, 2.05) is 18.2 Å². The van der Waals surface area contributed by atoms with Crippen LogP contribution in [0.25, 0.3) is 17.1 Å². The molecule has 0 aliphatic heterocycles. The molecule has 0 unspecified atom stereocenters. The van der Waals surface area contributed by atoms with E-state index in [0.717, 1.165) is 28.0 Å². The van der Waals surface area contributed by atoms with E-state index >= 15 is 0 Å². The summed E-state index contributed by atoms with van der Waals surface area (Å²) in [7, 11) is 3.27. The van der Waals surface area contributed by atoms with Crippen LogP contribution in [0.5, 0.6) is 11.5 Å². The van der Waals surface area contributed by atoms with Gasteiger partial charge in [-0.05, 0) is 55.3 Å². The van der Waals surface area contributed by atoms with E-state index in [2.05, 4.69) is 77.1 Å². The van der Waals surface area contributed by atoms with Gasteiger partial charge in [-0.1, -0.05) is 53.7 Å². The van der Waals surface area contributed by atoms with Crippen LogP contribution in [0.3, 0.4) is 0 Å². The standard InChI is InChI=1S/C25H25N3O2S/c1-17-8-10-19(11-9-17)16-31-25-27-26-24(28(25)21-7-5-6-18(2)14-21)20-12-13-22(29-3)23(15-20)30-4/h5-15H,16H2,1-4H3. The lowest BCUT2D eigenvalue weighted by molar-refractivity contribution is 0.355. The minimum atomic E-state index is 0.660. The molecule has 3 aromatic carbocycles. The molecule has 5 nitrogen and oxygen atoms in total. The highest BCUT2D eigenvalue weighted by Gasteiger charge is 2.18. The fourth-order valence-corrected chi connectivity index (χ4v) is 4.27. The summed E-state index contributed by atoms with van der Waals surface area (Å²) in [5.74, 6) is 2.92. The summed E-state index contributed by atoms with van der Waals surface area (Å²) >= 11 is 1.67. The third-order valence-electron chi connectivity index (χ3n) is 5.02. The molecule has 0 radical (unpaired) electrons. The van der Waals surface area contributed by atoms with E-state index in [4.69, 9.17) is 9.47 Å². The van der Waals surface area contributed by atoms with Gasteiger partial charge >= 0.3 is 0 Å². The number of aryl methyl sites for hydroxylation is 2. The Morgan fingerprint density at radius 3 is 2.29 bits per heavy atom. The van der Waals surface area contributed by atoms with E-state index < -0.39 is 0 Å². The quantitative estimate of drug-likeness (QED) is 0.343. The Labute approximate surface area is 187 Å². The first-order chi connectivity index (χ1) is 15.1. The Balaban J connectivity index is 1.76. The molecular formula is C25H25N3O2S. The molecule has 4 aromatic rings. The Morgan fingerprint density at radius 2 is 1.58 bits per heavy atom. The van der Waals surface area contributed by atoms with Crippen molar-refractivity contribution in [3.63, 3.8) is 0 Å². The van der Waals surface area contributed by atoms with Crippen LogP contribution in [0.1, 0.15) is 16.7 Å². The first-order valence-corrected chi connectivity index (χ1v) is 11.0. The molecule has 31 heavy (non-hydrogen) atoms. The maximum atomic E-state index is 5.50. The predicted molar refractivity (Wildman–Crippen MR) is 125 cm³/mol. The third kappa shape index (κ3) is 4.59. The van der Waals surface area contributed by atoms with Crippen molar-refractivity contribution in [2.45, 2.75) is 24.8 Å². The summed E-state index contributed by atoms with van der Waals surface area (Å²) in [4.78, 5) is 0. The van der Waals surface area contributed by atoms with Crippen molar-refractivity contribution in [1.29, 1.82) is 0 Å². The molecule has 0 amide bonds. The number of thioether (sulfide) groups is 1. The van der Waals surface area contributed by atoms with Gasteiger partial charge < -0.3 is 9.47 Å². The molecule has 0 spiro atoms. The van der Waals surface area contributed by atoms with Crippen LogP contribution in [-0.2, 0) is 5.75 Å². The lowest BCUT2D eigenvalue weighted by atomic mass is 10.1. The van der Waals surface area contributed by atoms with Crippen molar-refractivity contribution in [2.75, 3.05) is 14.2 Å². The zero-order chi connectivity index (χ0) is 21.8. The summed E-state index contributed by atoms with van der Waals surface area (Å²) in [6, 6.07) is 22.8. The van der Waals surface area contributed by atoms with Gasteiger partial charge in [-0.2, -0.15) is 0 Å². The van der Waals surface area contributed by atoms with Crippen LogP contribution in [-0.4, -0.2) is 29.0 Å². The van der Waals surface area contributed by atoms with E-state index in [1.54, 1.807) is 26.0 Å². The first-order valence-electron chi connectivity index (χ1n) is 10.0. The van der Waals surface area contributed by atoms with Crippen molar-refractivity contribution in [3.05, 3.63) is 83.4 Å². The molecular weight excluding hydrogens is 406 g/mol. The Kier molecular flexibility index (Phi) is 6.28. The molecule has 0 saturated heterocycles. The van der Waals surface area contributed by atoms with Gasteiger partial charge in [0.2, 0.25) is 0 Å². The van der Waals surface area contributed by atoms with E-state index in [0.29, 0.717) is 11.5 Å². The zero-order valence-corrected chi connectivity index (χ0v) is 18.9. The molecule has 0 atom stereocenters. The number of rotatable bonds is 7. The molecule has 4 rings (SSSR count). The average Bonchev–Trinajstić information content (AvgIpc) is 3.22. The van der Waals surface area contributed by atoms with Crippen LogP contribution < -0.4 is 9.47 Å². The fourth-order valence-electron chi connectivity index (χ4n) is 3.36. The minimum absolute atomic E-state index is 0.660. The van der Waals surface area contributed by atoms with Crippen LogP contribution in [0, 0.1) is 13.8 Å². The monoisotopic (exact) mass is 431 g/mol. The van der Waals surface area contributed by atoms with Gasteiger partial charge in [0.1, 0.15) is 0 Å². The van der Waals surface area contributed by atoms with Gasteiger partial charge in [0, 0.05) is 17.0 Å². The highest BCUT2D eigenvalue weighted by molar-refractivity contribution is 7.98. The van der Waals surface area contributed by atoms with Gasteiger partial charge in [0.05, 0.1) is 14.2 Å². The van der Waals surface area contributed by atoms with Crippen molar-refractivity contribution in [3.8, 4) is 28.6 Å². The molecule has 0 aliphatic rings. The molecule has 1 aromatic heterocycles. The maximum absolute atomic E-state index is 5.50. The molecule has 0 fully saturated rings. The van der Waals surface area contributed by atoms with Gasteiger partial charge in [-0.3, -0.25) is 4.57 Å². The minimum Gasteiger partial charge on any atom is -0.493 e. The highest BCUT2D eigenvalue weighted by atomic mass is 32.2. The maximum Gasteiger partial charge on any atom is 0.196 e. The largest absolute Gasteiger partial charge is 0.493 e. The molecule has 6 heteroatoms.